The van der Waals surface area contributed by atoms with E-state index >= 15 is 0 Å². The summed E-state index contributed by atoms with van der Waals surface area (Å²) in [6.07, 6.45) is 2.83. The molecular weight excluding hydrogens is 297 g/mol. The normalized spacial score (nSPS) is 21.1. The van der Waals surface area contributed by atoms with Crippen molar-refractivity contribution < 1.29 is 19.0 Å². The highest BCUT2D eigenvalue weighted by atomic mass is 35.5. The Hall–Kier alpha value is -1.49. The number of benzene rings is 1. The van der Waals surface area contributed by atoms with Crippen LogP contribution in [0.4, 0.5) is 9.18 Å². The Morgan fingerprint density at radius 2 is 2.05 bits per heavy atom. The molecule has 1 amide bonds. The maximum absolute atomic E-state index is 13.3. The van der Waals surface area contributed by atoms with Gasteiger partial charge in [-0.15, -0.1) is 0 Å². The fourth-order valence-electron chi connectivity index (χ4n) is 3.31. The van der Waals surface area contributed by atoms with Crippen LogP contribution in [-0.4, -0.2) is 35.3 Å². The van der Waals surface area contributed by atoms with E-state index < -0.39 is 11.9 Å². The molecule has 2 fully saturated rings. The average Bonchev–Trinajstić information content (AvgIpc) is 2.42. The van der Waals surface area contributed by atoms with E-state index in [-0.39, 0.29) is 16.5 Å². The second-order valence-corrected chi connectivity index (χ2v) is 6.40. The number of likely N-dealkylation sites (tertiary alicyclic amines) is 1. The lowest BCUT2D eigenvalue weighted by atomic mass is 9.61. The molecule has 0 bridgehead atoms. The van der Waals surface area contributed by atoms with Gasteiger partial charge in [-0.3, -0.25) is 0 Å². The number of ether oxygens (including phenoxy) is 1. The molecule has 1 aromatic rings. The van der Waals surface area contributed by atoms with Gasteiger partial charge in [0.2, 0.25) is 0 Å². The van der Waals surface area contributed by atoms with Crippen LogP contribution in [0.1, 0.15) is 25.7 Å². The highest BCUT2D eigenvalue weighted by molar-refractivity contribution is 6.30. The molecule has 0 atom stereocenters. The smallest absolute Gasteiger partial charge is 0.407 e. The zero-order valence-electron chi connectivity index (χ0n) is 11.5. The molecule has 1 spiro atoms. The van der Waals surface area contributed by atoms with Gasteiger partial charge < -0.3 is 14.7 Å². The van der Waals surface area contributed by atoms with Gasteiger partial charge in [0.25, 0.3) is 0 Å². The SMILES string of the molecule is O=C(O)N1CCC2(CC1)CC(Oc1ccc(Cl)c(F)c1)C2. The summed E-state index contributed by atoms with van der Waals surface area (Å²) in [5, 5.41) is 9.04. The second-order valence-electron chi connectivity index (χ2n) is 5.99. The molecular formula is C15H17ClFNO3. The number of hydrogen-bond acceptors (Lipinski definition) is 2. The van der Waals surface area contributed by atoms with E-state index in [1.54, 1.807) is 6.07 Å². The van der Waals surface area contributed by atoms with Crippen LogP contribution in [0.15, 0.2) is 18.2 Å². The quantitative estimate of drug-likeness (QED) is 0.904. The Morgan fingerprint density at radius 1 is 1.38 bits per heavy atom. The van der Waals surface area contributed by atoms with E-state index in [4.69, 9.17) is 21.4 Å². The van der Waals surface area contributed by atoms with Crippen molar-refractivity contribution in [3.8, 4) is 5.75 Å². The molecule has 2 aliphatic rings. The fourth-order valence-corrected chi connectivity index (χ4v) is 3.43. The maximum atomic E-state index is 13.3. The first-order valence-corrected chi connectivity index (χ1v) is 7.45. The molecule has 1 aliphatic heterocycles. The van der Waals surface area contributed by atoms with Crippen LogP contribution in [0.3, 0.4) is 0 Å². The molecule has 1 aromatic carbocycles. The zero-order valence-corrected chi connectivity index (χ0v) is 12.3. The Morgan fingerprint density at radius 3 is 2.62 bits per heavy atom. The van der Waals surface area contributed by atoms with Crippen molar-refractivity contribution in [2.45, 2.75) is 31.8 Å². The number of carboxylic acid groups (broad SMARTS) is 1. The third-order valence-electron chi connectivity index (χ3n) is 4.61. The Balaban J connectivity index is 1.52. The summed E-state index contributed by atoms with van der Waals surface area (Å²) >= 11 is 5.64. The molecule has 21 heavy (non-hydrogen) atoms. The maximum Gasteiger partial charge on any atom is 0.407 e. The highest BCUT2D eigenvalue weighted by Crippen LogP contribution is 2.50. The number of hydrogen-bond donors (Lipinski definition) is 1. The summed E-state index contributed by atoms with van der Waals surface area (Å²) in [5.74, 6) is 0.0256. The fraction of sp³-hybridized carbons (Fsp3) is 0.533. The van der Waals surface area contributed by atoms with Gasteiger partial charge in [0, 0.05) is 19.2 Å². The molecule has 0 unspecified atom stereocenters. The second kappa shape index (κ2) is 5.37. The van der Waals surface area contributed by atoms with Crippen molar-refractivity contribution in [2.24, 2.45) is 5.41 Å². The summed E-state index contributed by atoms with van der Waals surface area (Å²) in [7, 11) is 0. The minimum atomic E-state index is -0.839. The lowest BCUT2D eigenvalue weighted by Gasteiger charge is -2.51. The number of amides is 1. The average molecular weight is 314 g/mol. The molecule has 1 N–H and O–H groups in total. The lowest BCUT2D eigenvalue weighted by Crippen LogP contribution is -2.51. The highest BCUT2D eigenvalue weighted by Gasteiger charge is 2.47. The van der Waals surface area contributed by atoms with Crippen LogP contribution >= 0.6 is 11.6 Å². The molecule has 114 valence electrons. The van der Waals surface area contributed by atoms with Crippen LogP contribution in [0.5, 0.6) is 5.75 Å². The predicted octanol–water partition coefficient (Wildman–Crippen LogP) is 3.78. The number of halogens is 2. The van der Waals surface area contributed by atoms with Gasteiger partial charge in [0.05, 0.1) is 11.1 Å². The van der Waals surface area contributed by atoms with E-state index in [1.807, 2.05) is 0 Å². The first-order chi connectivity index (χ1) is 9.97. The van der Waals surface area contributed by atoms with Gasteiger partial charge in [-0.05, 0) is 43.2 Å². The predicted molar refractivity (Wildman–Crippen MR) is 76.3 cm³/mol. The van der Waals surface area contributed by atoms with Crippen molar-refractivity contribution in [1.29, 1.82) is 0 Å². The molecule has 6 heteroatoms. The van der Waals surface area contributed by atoms with Gasteiger partial charge in [0.1, 0.15) is 11.6 Å². The van der Waals surface area contributed by atoms with Crippen LogP contribution < -0.4 is 4.74 Å². The largest absolute Gasteiger partial charge is 0.490 e. The van der Waals surface area contributed by atoms with Gasteiger partial charge in [-0.25, -0.2) is 9.18 Å². The molecule has 1 saturated heterocycles. The number of nitrogens with zero attached hydrogens (tertiary/aromatic N) is 1. The summed E-state index contributed by atoms with van der Waals surface area (Å²) in [4.78, 5) is 12.4. The third kappa shape index (κ3) is 2.93. The monoisotopic (exact) mass is 313 g/mol. The van der Waals surface area contributed by atoms with Gasteiger partial charge in [-0.2, -0.15) is 0 Å². The van der Waals surface area contributed by atoms with Crippen molar-refractivity contribution >= 4 is 17.7 Å². The molecule has 3 rings (SSSR count). The Bertz CT molecular complexity index is 550. The number of piperidine rings is 1. The molecule has 0 radical (unpaired) electrons. The van der Waals surface area contributed by atoms with Crippen molar-refractivity contribution in [1.82, 2.24) is 4.90 Å². The first kappa shape index (κ1) is 14.4. The van der Waals surface area contributed by atoms with E-state index in [0.717, 1.165) is 25.7 Å². The summed E-state index contributed by atoms with van der Waals surface area (Å²) in [6, 6.07) is 4.47. The van der Waals surface area contributed by atoms with Crippen LogP contribution in [0, 0.1) is 11.2 Å². The van der Waals surface area contributed by atoms with E-state index in [2.05, 4.69) is 0 Å². The minimum Gasteiger partial charge on any atom is -0.490 e. The minimum absolute atomic E-state index is 0.0851. The summed E-state index contributed by atoms with van der Waals surface area (Å²) in [6.45, 7) is 1.19. The zero-order chi connectivity index (χ0) is 15.0. The Kier molecular flexibility index (Phi) is 3.69. The van der Waals surface area contributed by atoms with Crippen molar-refractivity contribution in [3.05, 3.63) is 29.0 Å². The molecule has 1 aliphatic carbocycles. The third-order valence-corrected chi connectivity index (χ3v) is 4.92. The van der Waals surface area contributed by atoms with E-state index in [1.165, 1.54) is 17.0 Å². The Labute approximate surface area is 127 Å². The van der Waals surface area contributed by atoms with Gasteiger partial charge in [-0.1, -0.05) is 11.6 Å². The molecule has 4 nitrogen and oxygen atoms in total. The van der Waals surface area contributed by atoms with Crippen LogP contribution in [0.25, 0.3) is 0 Å². The van der Waals surface area contributed by atoms with Crippen molar-refractivity contribution in [2.75, 3.05) is 13.1 Å². The van der Waals surface area contributed by atoms with E-state index in [9.17, 15) is 9.18 Å². The number of rotatable bonds is 2. The first-order valence-electron chi connectivity index (χ1n) is 7.07. The van der Waals surface area contributed by atoms with Crippen LogP contribution in [0.2, 0.25) is 5.02 Å². The van der Waals surface area contributed by atoms with Gasteiger partial charge >= 0.3 is 6.09 Å². The standard InChI is InChI=1S/C15H17ClFNO3/c16-12-2-1-10(7-13(12)17)21-11-8-15(9-11)3-5-18(6-4-15)14(19)20/h1-2,7,11H,3-6,8-9H2,(H,19,20). The topological polar surface area (TPSA) is 49.8 Å². The molecule has 1 saturated carbocycles. The summed E-state index contributed by atoms with van der Waals surface area (Å²) in [5.41, 5.74) is 0.210. The summed E-state index contributed by atoms with van der Waals surface area (Å²) < 4.78 is 19.1. The molecule has 0 aromatic heterocycles. The molecule has 1 heterocycles. The van der Waals surface area contributed by atoms with E-state index in [0.29, 0.717) is 18.8 Å². The van der Waals surface area contributed by atoms with Gasteiger partial charge in [0.15, 0.2) is 0 Å². The lowest BCUT2D eigenvalue weighted by molar-refractivity contribution is -0.0516. The van der Waals surface area contributed by atoms with Crippen LogP contribution in [-0.2, 0) is 0 Å². The van der Waals surface area contributed by atoms with Crippen molar-refractivity contribution in [3.63, 3.8) is 0 Å². The number of carbonyl (C=O) groups is 1.